The highest BCUT2D eigenvalue weighted by molar-refractivity contribution is 5.63. The Morgan fingerprint density at radius 1 is 1.22 bits per heavy atom. The van der Waals surface area contributed by atoms with Crippen LogP contribution in [0.4, 0.5) is 4.39 Å². The molecular weight excluding hydrogens is 295 g/mol. The average Bonchev–Trinajstić information content (AvgIpc) is 3.00. The zero-order valence-corrected chi connectivity index (χ0v) is 12.6. The molecular formula is C18H15FN2O2. The SMILES string of the molecule is COc1cccc(-c2cn(-c3ccc(F)cc3)c(CC=O)n2)c1. The summed E-state index contributed by atoms with van der Waals surface area (Å²) in [7, 11) is 1.61. The van der Waals surface area contributed by atoms with Crippen LogP contribution in [0.15, 0.2) is 54.7 Å². The van der Waals surface area contributed by atoms with Gasteiger partial charge >= 0.3 is 0 Å². The van der Waals surface area contributed by atoms with Crippen LogP contribution in [0.5, 0.6) is 5.75 Å². The Hall–Kier alpha value is -2.95. The first-order chi connectivity index (χ1) is 11.2. The minimum Gasteiger partial charge on any atom is -0.497 e. The van der Waals surface area contributed by atoms with Crippen molar-refractivity contribution >= 4 is 6.29 Å². The van der Waals surface area contributed by atoms with E-state index in [1.165, 1.54) is 12.1 Å². The van der Waals surface area contributed by atoms with E-state index in [9.17, 15) is 9.18 Å². The predicted octanol–water partition coefficient (Wildman–Crippen LogP) is 3.43. The van der Waals surface area contributed by atoms with Gasteiger partial charge in [0.2, 0.25) is 0 Å². The Morgan fingerprint density at radius 3 is 2.70 bits per heavy atom. The maximum atomic E-state index is 13.1. The third kappa shape index (κ3) is 3.13. The summed E-state index contributed by atoms with van der Waals surface area (Å²) in [5.41, 5.74) is 2.37. The Balaban J connectivity index is 2.07. The van der Waals surface area contributed by atoms with Crippen molar-refractivity contribution in [2.24, 2.45) is 0 Å². The lowest BCUT2D eigenvalue weighted by Crippen LogP contribution is -2.01. The summed E-state index contributed by atoms with van der Waals surface area (Å²) in [5.74, 6) is 1.03. The normalized spacial score (nSPS) is 10.5. The second kappa shape index (κ2) is 6.44. The van der Waals surface area contributed by atoms with Crippen LogP contribution in [0.2, 0.25) is 0 Å². The number of rotatable bonds is 5. The number of aldehydes is 1. The van der Waals surface area contributed by atoms with Crippen molar-refractivity contribution in [3.63, 3.8) is 0 Å². The van der Waals surface area contributed by atoms with E-state index in [1.807, 2.05) is 30.5 Å². The number of methoxy groups -OCH3 is 1. The van der Waals surface area contributed by atoms with Gasteiger partial charge < -0.3 is 14.1 Å². The third-order valence-corrected chi connectivity index (χ3v) is 3.52. The number of benzene rings is 2. The van der Waals surface area contributed by atoms with Crippen LogP contribution in [-0.2, 0) is 11.2 Å². The van der Waals surface area contributed by atoms with Gasteiger partial charge in [-0.3, -0.25) is 0 Å². The van der Waals surface area contributed by atoms with E-state index in [-0.39, 0.29) is 12.2 Å². The lowest BCUT2D eigenvalue weighted by atomic mass is 10.1. The highest BCUT2D eigenvalue weighted by Gasteiger charge is 2.11. The summed E-state index contributed by atoms with van der Waals surface area (Å²) in [5, 5.41) is 0. The molecule has 0 N–H and O–H groups in total. The fourth-order valence-corrected chi connectivity index (χ4v) is 2.38. The molecule has 4 nitrogen and oxygen atoms in total. The summed E-state index contributed by atoms with van der Waals surface area (Å²) < 4.78 is 20.1. The lowest BCUT2D eigenvalue weighted by Gasteiger charge is -2.05. The number of carbonyl (C=O) groups is 1. The third-order valence-electron chi connectivity index (χ3n) is 3.52. The monoisotopic (exact) mass is 310 g/mol. The first-order valence-electron chi connectivity index (χ1n) is 7.13. The Bertz CT molecular complexity index is 825. The molecule has 0 aliphatic rings. The Kier molecular flexibility index (Phi) is 4.19. The number of carbonyl (C=O) groups excluding carboxylic acids is 1. The van der Waals surface area contributed by atoms with Gasteiger partial charge in [-0.2, -0.15) is 0 Å². The van der Waals surface area contributed by atoms with Gasteiger partial charge in [-0.15, -0.1) is 0 Å². The van der Waals surface area contributed by atoms with Gasteiger partial charge in [-0.05, 0) is 36.4 Å². The van der Waals surface area contributed by atoms with E-state index in [1.54, 1.807) is 23.8 Å². The molecule has 0 aliphatic heterocycles. The van der Waals surface area contributed by atoms with Crippen molar-refractivity contribution in [2.45, 2.75) is 6.42 Å². The van der Waals surface area contributed by atoms with Crippen molar-refractivity contribution in [3.05, 3.63) is 66.4 Å². The molecule has 116 valence electrons. The molecule has 23 heavy (non-hydrogen) atoms. The van der Waals surface area contributed by atoms with E-state index in [0.717, 1.165) is 29.0 Å². The van der Waals surface area contributed by atoms with Crippen LogP contribution in [0.3, 0.4) is 0 Å². The topological polar surface area (TPSA) is 44.1 Å². The maximum absolute atomic E-state index is 13.1. The molecule has 0 fully saturated rings. The standard InChI is InChI=1S/C18H15FN2O2/c1-23-16-4-2-3-13(11-16)17-12-21(18(20-17)9-10-22)15-7-5-14(19)6-8-15/h2-8,10-12H,9H2,1H3. The van der Waals surface area contributed by atoms with E-state index < -0.39 is 0 Å². The van der Waals surface area contributed by atoms with Crippen molar-refractivity contribution < 1.29 is 13.9 Å². The molecule has 2 aromatic carbocycles. The molecule has 0 aliphatic carbocycles. The van der Waals surface area contributed by atoms with E-state index in [2.05, 4.69) is 4.98 Å². The van der Waals surface area contributed by atoms with Crippen molar-refractivity contribution in [1.29, 1.82) is 0 Å². The summed E-state index contributed by atoms with van der Waals surface area (Å²) in [4.78, 5) is 15.5. The molecule has 3 rings (SSSR count). The van der Waals surface area contributed by atoms with E-state index >= 15 is 0 Å². The molecule has 0 bridgehead atoms. The molecule has 5 heteroatoms. The molecule has 0 atom stereocenters. The van der Waals surface area contributed by atoms with Crippen molar-refractivity contribution in [3.8, 4) is 22.7 Å². The van der Waals surface area contributed by atoms with Crippen LogP contribution >= 0.6 is 0 Å². The number of hydrogen-bond donors (Lipinski definition) is 0. The number of hydrogen-bond acceptors (Lipinski definition) is 3. The van der Waals surface area contributed by atoms with Gasteiger partial charge in [0.05, 0.1) is 19.2 Å². The van der Waals surface area contributed by atoms with Crippen LogP contribution in [0.1, 0.15) is 5.82 Å². The van der Waals surface area contributed by atoms with E-state index in [4.69, 9.17) is 4.74 Å². The molecule has 1 heterocycles. The number of halogens is 1. The van der Waals surface area contributed by atoms with Gasteiger partial charge in [0.15, 0.2) is 0 Å². The fourth-order valence-electron chi connectivity index (χ4n) is 2.38. The first kappa shape index (κ1) is 15.0. The van der Waals surface area contributed by atoms with Crippen LogP contribution in [0, 0.1) is 5.82 Å². The maximum Gasteiger partial charge on any atom is 0.127 e. The van der Waals surface area contributed by atoms with Crippen molar-refractivity contribution in [2.75, 3.05) is 7.11 Å². The zero-order chi connectivity index (χ0) is 16.2. The van der Waals surface area contributed by atoms with Gasteiger partial charge in [-0.1, -0.05) is 12.1 Å². The number of nitrogens with zero attached hydrogens (tertiary/aromatic N) is 2. The van der Waals surface area contributed by atoms with Gasteiger partial charge in [0, 0.05) is 17.4 Å². The molecule has 0 unspecified atom stereocenters. The molecule has 1 aromatic heterocycles. The van der Waals surface area contributed by atoms with Crippen LogP contribution in [-0.4, -0.2) is 22.9 Å². The number of ether oxygens (including phenoxy) is 1. The second-order valence-electron chi connectivity index (χ2n) is 4.99. The average molecular weight is 310 g/mol. The van der Waals surface area contributed by atoms with Gasteiger partial charge in [0.1, 0.15) is 23.7 Å². The quantitative estimate of drug-likeness (QED) is 0.678. The number of imidazole rings is 1. The highest BCUT2D eigenvalue weighted by atomic mass is 19.1. The summed E-state index contributed by atoms with van der Waals surface area (Å²) in [6.45, 7) is 0. The number of aromatic nitrogens is 2. The molecule has 0 saturated heterocycles. The van der Waals surface area contributed by atoms with Gasteiger partial charge in [-0.25, -0.2) is 9.37 Å². The smallest absolute Gasteiger partial charge is 0.127 e. The predicted molar refractivity (Wildman–Crippen MR) is 85.3 cm³/mol. The second-order valence-corrected chi connectivity index (χ2v) is 4.99. The minimum atomic E-state index is -0.307. The van der Waals surface area contributed by atoms with Crippen molar-refractivity contribution in [1.82, 2.24) is 9.55 Å². The highest BCUT2D eigenvalue weighted by Crippen LogP contribution is 2.25. The zero-order valence-electron chi connectivity index (χ0n) is 12.6. The lowest BCUT2D eigenvalue weighted by molar-refractivity contribution is -0.107. The Morgan fingerprint density at radius 2 is 2.00 bits per heavy atom. The molecule has 3 aromatic rings. The van der Waals surface area contributed by atoms with Gasteiger partial charge in [0.25, 0.3) is 0 Å². The van der Waals surface area contributed by atoms with Crippen LogP contribution in [0.25, 0.3) is 16.9 Å². The largest absolute Gasteiger partial charge is 0.497 e. The first-order valence-corrected chi connectivity index (χ1v) is 7.13. The van der Waals surface area contributed by atoms with E-state index in [0.29, 0.717) is 5.82 Å². The summed E-state index contributed by atoms with van der Waals surface area (Å²) >= 11 is 0. The molecule has 0 saturated carbocycles. The molecule has 0 spiro atoms. The summed E-state index contributed by atoms with van der Waals surface area (Å²) in [6, 6.07) is 13.6. The van der Waals surface area contributed by atoms with Crippen LogP contribution < -0.4 is 4.74 Å². The fraction of sp³-hybridized carbons (Fsp3) is 0.111. The molecule has 0 amide bonds. The summed E-state index contributed by atoms with van der Waals surface area (Å²) in [6.07, 6.45) is 2.82. The minimum absolute atomic E-state index is 0.182. The Labute approximate surface area is 133 Å². The molecule has 0 radical (unpaired) electrons.